The maximum absolute atomic E-state index is 5.71. The number of hydrogen-bond acceptors (Lipinski definition) is 9. The molecule has 0 N–H and O–H groups in total. The molecule has 1 unspecified atom stereocenters. The zero-order valence-electron chi connectivity index (χ0n) is 23.4. The van der Waals surface area contributed by atoms with Gasteiger partial charge in [0.2, 0.25) is 11.5 Å². The van der Waals surface area contributed by atoms with E-state index in [1.165, 1.54) is 16.1 Å². The predicted molar refractivity (Wildman–Crippen MR) is 154 cm³/mol. The van der Waals surface area contributed by atoms with E-state index in [2.05, 4.69) is 24.1 Å². The molecular formula is C30H34N2O6S. The number of methoxy groups -OCH3 is 6. The number of benzene rings is 2. The summed E-state index contributed by atoms with van der Waals surface area (Å²) >= 11 is 1.69. The molecule has 0 saturated carbocycles. The van der Waals surface area contributed by atoms with Gasteiger partial charge in [-0.2, -0.15) is 0 Å². The summed E-state index contributed by atoms with van der Waals surface area (Å²) in [6.07, 6.45) is 7.24. The summed E-state index contributed by atoms with van der Waals surface area (Å²) in [6.45, 7) is 2.11. The summed E-state index contributed by atoms with van der Waals surface area (Å²) in [7, 11) is 9.79. The Balaban J connectivity index is 1.67. The highest BCUT2D eigenvalue weighted by Crippen LogP contribution is 2.51. The second-order valence-electron chi connectivity index (χ2n) is 9.36. The van der Waals surface area contributed by atoms with E-state index in [1.807, 2.05) is 24.3 Å². The minimum absolute atomic E-state index is 0.0465. The highest BCUT2D eigenvalue weighted by Gasteiger charge is 2.38. The summed E-state index contributed by atoms with van der Waals surface area (Å²) in [5.41, 5.74) is 5.51. The van der Waals surface area contributed by atoms with Crippen molar-refractivity contribution in [1.29, 1.82) is 0 Å². The van der Waals surface area contributed by atoms with Gasteiger partial charge in [0.05, 0.1) is 54.4 Å². The molecular weight excluding hydrogens is 516 g/mol. The van der Waals surface area contributed by atoms with Gasteiger partial charge in [0.15, 0.2) is 28.2 Å². The SMILES string of the molecule is COc1cc(C=C2CCCC3=C2N=C2SC(C)=CN2C3c2cc(OC)c(OC)c(OC)c2)cc(OC)c1OC. The van der Waals surface area contributed by atoms with Gasteiger partial charge < -0.3 is 33.3 Å². The van der Waals surface area contributed by atoms with Crippen LogP contribution in [0, 0.1) is 0 Å². The topological polar surface area (TPSA) is 71.0 Å². The lowest BCUT2D eigenvalue weighted by atomic mass is 9.83. The molecule has 2 aromatic carbocycles. The summed E-state index contributed by atoms with van der Waals surface area (Å²) in [5.74, 6) is 3.67. The zero-order chi connectivity index (χ0) is 27.7. The smallest absolute Gasteiger partial charge is 0.203 e. The van der Waals surface area contributed by atoms with Gasteiger partial charge in [-0.25, -0.2) is 4.99 Å². The molecule has 5 rings (SSSR count). The molecule has 2 aliphatic heterocycles. The fourth-order valence-corrected chi connectivity index (χ4v) is 6.33. The van der Waals surface area contributed by atoms with E-state index in [9.17, 15) is 0 Å². The minimum Gasteiger partial charge on any atom is -0.493 e. The molecule has 1 aliphatic carbocycles. The molecule has 8 nitrogen and oxygen atoms in total. The van der Waals surface area contributed by atoms with E-state index < -0.39 is 0 Å². The quantitative estimate of drug-likeness (QED) is 0.365. The fraction of sp³-hybridized carbons (Fsp3) is 0.367. The number of thioether (sulfide) groups is 1. The Hall–Kier alpha value is -3.72. The van der Waals surface area contributed by atoms with Crippen LogP contribution in [0.15, 0.2) is 57.2 Å². The highest BCUT2D eigenvalue weighted by atomic mass is 32.2. The van der Waals surface area contributed by atoms with Crippen molar-refractivity contribution in [3.63, 3.8) is 0 Å². The Bertz CT molecular complexity index is 1360. The maximum Gasteiger partial charge on any atom is 0.203 e. The first-order valence-corrected chi connectivity index (χ1v) is 13.5. The molecule has 0 bridgehead atoms. The van der Waals surface area contributed by atoms with Gasteiger partial charge in [-0.05, 0) is 78.8 Å². The van der Waals surface area contributed by atoms with Gasteiger partial charge in [-0.3, -0.25) is 0 Å². The normalized spacial score (nSPS) is 19.2. The van der Waals surface area contributed by atoms with E-state index in [4.69, 9.17) is 33.4 Å². The van der Waals surface area contributed by atoms with Crippen molar-refractivity contribution in [3.8, 4) is 34.5 Å². The number of fused-ring (bicyclic) bond motifs is 1. The van der Waals surface area contributed by atoms with Crippen molar-refractivity contribution in [2.24, 2.45) is 4.99 Å². The fourth-order valence-electron chi connectivity index (χ4n) is 5.47. The lowest BCUT2D eigenvalue weighted by Crippen LogP contribution is -2.32. The summed E-state index contributed by atoms with van der Waals surface area (Å²) in [5, 5.41) is 0.961. The number of allylic oxidation sites excluding steroid dienone is 2. The molecule has 2 heterocycles. The molecule has 1 atom stereocenters. The van der Waals surface area contributed by atoms with Gasteiger partial charge in [-0.15, -0.1) is 0 Å². The summed E-state index contributed by atoms with van der Waals surface area (Å²) in [4.78, 5) is 8.66. The molecule has 2 aromatic rings. The first kappa shape index (κ1) is 26.9. The van der Waals surface area contributed by atoms with E-state index in [-0.39, 0.29) is 6.04 Å². The van der Waals surface area contributed by atoms with Crippen molar-refractivity contribution in [2.75, 3.05) is 42.7 Å². The van der Waals surface area contributed by atoms with Gasteiger partial charge in [-0.1, -0.05) is 11.8 Å². The van der Waals surface area contributed by atoms with Gasteiger partial charge in [0.25, 0.3) is 0 Å². The second-order valence-corrected chi connectivity index (χ2v) is 10.6. The van der Waals surface area contributed by atoms with Crippen LogP contribution in [0.2, 0.25) is 0 Å². The number of rotatable bonds is 8. The van der Waals surface area contributed by atoms with Crippen LogP contribution in [0.3, 0.4) is 0 Å². The van der Waals surface area contributed by atoms with Gasteiger partial charge >= 0.3 is 0 Å². The maximum atomic E-state index is 5.71. The van der Waals surface area contributed by atoms with E-state index in [1.54, 1.807) is 54.4 Å². The van der Waals surface area contributed by atoms with Crippen LogP contribution < -0.4 is 28.4 Å². The Morgan fingerprint density at radius 2 is 1.36 bits per heavy atom. The van der Waals surface area contributed by atoms with E-state index >= 15 is 0 Å². The molecule has 0 fully saturated rings. The summed E-state index contributed by atoms with van der Waals surface area (Å²) in [6, 6.07) is 7.98. The Morgan fingerprint density at radius 1 is 0.795 bits per heavy atom. The van der Waals surface area contributed by atoms with Crippen molar-refractivity contribution >= 4 is 23.0 Å². The van der Waals surface area contributed by atoms with Crippen LogP contribution >= 0.6 is 11.8 Å². The van der Waals surface area contributed by atoms with Gasteiger partial charge in [0.1, 0.15) is 0 Å². The van der Waals surface area contributed by atoms with Gasteiger partial charge in [0, 0.05) is 11.1 Å². The van der Waals surface area contributed by atoms with E-state index in [0.29, 0.717) is 34.5 Å². The molecule has 0 amide bonds. The van der Waals surface area contributed by atoms with Crippen LogP contribution in [0.1, 0.15) is 43.4 Å². The zero-order valence-corrected chi connectivity index (χ0v) is 24.2. The second kappa shape index (κ2) is 11.2. The molecule has 39 heavy (non-hydrogen) atoms. The standard InChI is InChI=1S/C30H34N2O6S/c1-17-16-32-27(20-14-24(35-4)29(38-7)25(15-20)36-5)21-10-8-9-19(26(21)31-30(32)39-17)11-18-12-22(33-2)28(37-6)23(13-18)34-3/h11-16,27H,8-10H2,1-7H3. The third-order valence-electron chi connectivity index (χ3n) is 7.14. The molecule has 0 saturated heterocycles. The lowest BCUT2D eigenvalue weighted by molar-refractivity contribution is 0.322. The summed E-state index contributed by atoms with van der Waals surface area (Å²) < 4.78 is 33.7. The molecule has 0 aromatic heterocycles. The third-order valence-corrected chi connectivity index (χ3v) is 8.05. The molecule has 3 aliphatic rings. The predicted octanol–water partition coefficient (Wildman–Crippen LogP) is 6.58. The average Bonchev–Trinajstić information content (AvgIpc) is 3.34. The highest BCUT2D eigenvalue weighted by molar-refractivity contribution is 8.17. The Kier molecular flexibility index (Phi) is 7.70. The van der Waals surface area contributed by atoms with Crippen molar-refractivity contribution in [3.05, 3.63) is 63.3 Å². The van der Waals surface area contributed by atoms with Crippen molar-refractivity contribution < 1.29 is 28.4 Å². The average molecular weight is 551 g/mol. The van der Waals surface area contributed by atoms with Crippen LogP contribution in [0.25, 0.3) is 6.08 Å². The monoisotopic (exact) mass is 550 g/mol. The molecule has 0 spiro atoms. The van der Waals surface area contributed by atoms with Crippen LogP contribution in [0.4, 0.5) is 0 Å². The Morgan fingerprint density at radius 3 is 1.90 bits per heavy atom. The van der Waals surface area contributed by atoms with Crippen LogP contribution in [-0.2, 0) is 0 Å². The lowest BCUT2D eigenvalue weighted by Gasteiger charge is -2.38. The number of nitrogens with zero attached hydrogens (tertiary/aromatic N) is 2. The number of hydrogen-bond donors (Lipinski definition) is 0. The molecule has 0 radical (unpaired) electrons. The van der Waals surface area contributed by atoms with Crippen molar-refractivity contribution in [1.82, 2.24) is 4.90 Å². The minimum atomic E-state index is -0.0465. The number of ether oxygens (including phenoxy) is 6. The van der Waals surface area contributed by atoms with Crippen molar-refractivity contribution in [2.45, 2.75) is 32.2 Å². The Labute approximate surface area is 233 Å². The van der Waals surface area contributed by atoms with E-state index in [0.717, 1.165) is 41.3 Å². The molecule has 9 heteroatoms. The number of aliphatic imine (C=N–C) groups is 1. The third kappa shape index (κ3) is 4.80. The largest absolute Gasteiger partial charge is 0.493 e. The first-order chi connectivity index (χ1) is 19.0. The number of amidine groups is 1. The van der Waals surface area contributed by atoms with Crippen LogP contribution in [-0.4, -0.2) is 52.7 Å². The van der Waals surface area contributed by atoms with Crippen LogP contribution in [0.5, 0.6) is 34.5 Å². The molecule has 206 valence electrons. The first-order valence-electron chi connectivity index (χ1n) is 12.7.